The zero-order chi connectivity index (χ0) is 20.1. The summed E-state index contributed by atoms with van der Waals surface area (Å²) in [6.45, 7) is 2.50. The molecule has 6 nitrogen and oxygen atoms in total. The van der Waals surface area contributed by atoms with Crippen molar-refractivity contribution in [3.8, 4) is 11.5 Å². The van der Waals surface area contributed by atoms with Gasteiger partial charge in [-0.1, -0.05) is 30.7 Å². The molecule has 2 amide bonds. The zero-order valence-corrected chi connectivity index (χ0v) is 16.5. The molecule has 0 spiro atoms. The molecule has 28 heavy (non-hydrogen) atoms. The number of fused-ring (bicyclic) bond motifs is 1. The van der Waals surface area contributed by atoms with Crippen LogP contribution >= 0.6 is 11.6 Å². The third-order valence-electron chi connectivity index (χ3n) is 4.16. The van der Waals surface area contributed by atoms with Gasteiger partial charge < -0.3 is 14.8 Å². The summed E-state index contributed by atoms with van der Waals surface area (Å²) in [6, 6.07) is 10.6. The first kappa shape index (κ1) is 19.8. The van der Waals surface area contributed by atoms with E-state index in [-0.39, 0.29) is 18.4 Å². The highest BCUT2D eigenvalue weighted by atomic mass is 35.5. The molecule has 0 atom stereocenters. The molecule has 1 N–H and O–H groups in total. The molecule has 0 unspecified atom stereocenters. The van der Waals surface area contributed by atoms with Crippen molar-refractivity contribution in [1.82, 2.24) is 0 Å². The van der Waals surface area contributed by atoms with Gasteiger partial charge in [0.15, 0.2) is 11.5 Å². The van der Waals surface area contributed by atoms with Crippen molar-refractivity contribution >= 4 is 40.9 Å². The average Bonchev–Trinajstić information content (AvgIpc) is 2.70. The van der Waals surface area contributed by atoms with Crippen LogP contribution < -0.4 is 19.7 Å². The Hall–Kier alpha value is -2.99. The van der Waals surface area contributed by atoms with Gasteiger partial charge in [0.1, 0.15) is 6.54 Å². The Balaban J connectivity index is 1.83. The van der Waals surface area contributed by atoms with Gasteiger partial charge in [-0.2, -0.15) is 0 Å². The lowest BCUT2D eigenvalue weighted by Crippen LogP contribution is -2.41. The maximum Gasteiger partial charge on any atom is 0.251 e. The number of anilines is 2. The smallest absolute Gasteiger partial charge is 0.251 e. The minimum absolute atomic E-state index is 0.0337. The molecular weight excluding hydrogens is 380 g/mol. The van der Waals surface area contributed by atoms with E-state index in [1.165, 1.54) is 18.1 Å². The Morgan fingerprint density at radius 2 is 2.11 bits per heavy atom. The standard InChI is InChI=1S/C21H21ClN2O4/c1-3-10-28-21-15(22)11-14(12-18(21)27-2)8-9-20(26)24-13-19(25)23-16-6-4-5-7-17(16)24/h4-9,11-12H,3,10,13H2,1-2H3,(H,23,25)/b9-8+. The van der Waals surface area contributed by atoms with Crippen LogP contribution in [0.25, 0.3) is 6.08 Å². The van der Waals surface area contributed by atoms with Crippen LogP contribution in [-0.2, 0) is 9.59 Å². The Morgan fingerprint density at radius 3 is 2.86 bits per heavy atom. The number of carbonyl (C=O) groups excluding carboxylic acids is 2. The lowest BCUT2D eigenvalue weighted by atomic mass is 10.1. The Labute approximate surface area is 168 Å². The maximum absolute atomic E-state index is 12.7. The van der Waals surface area contributed by atoms with Gasteiger partial charge in [-0.15, -0.1) is 0 Å². The Bertz CT molecular complexity index is 927. The summed E-state index contributed by atoms with van der Waals surface area (Å²) in [5, 5.41) is 3.16. The normalized spacial score (nSPS) is 13.2. The second kappa shape index (κ2) is 8.80. The van der Waals surface area contributed by atoms with Crippen LogP contribution in [-0.4, -0.2) is 32.1 Å². The number of halogens is 1. The van der Waals surface area contributed by atoms with E-state index < -0.39 is 0 Å². The molecule has 0 saturated carbocycles. The number of ether oxygens (including phenoxy) is 2. The monoisotopic (exact) mass is 400 g/mol. The topological polar surface area (TPSA) is 67.9 Å². The molecular formula is C21H21ClN2O4. The fourth-order valence-corrected chi connectivity index (χ4v) is 3.14. The maximum atomic E-state index is 12.7. The number of amides is 2. The summed E-state index contributed by atoms with van der Waals surface area (Å²) in [7, 11) is 1.53. The first-order chi connectivity index (χ1) is 13.5. The Kier molecular flexibility index (Phi) is 6.21. The number of nitrogens with zero attached hydrogens (tertiary/aromatic N) is 1. The van der Waals surface area contributed by atoms with Crippen molar-refractivity contribution < 1.29 is 19.1 Å². The van der Waals surface area contributed by atoms with E-state index >= 15 is 0 Å². The average molecular weight is 401 g/mol. The third kappa shape index (κ3) is 4.28. The number of benzene rings is 2. The van der Waals surface area contributed by atoms with Crippen molar-refractivity contribution in [2.24, 2.45) is 0 Å². The van der Waals surface area contributed by atoms with Crippen molar-refractivity contribution in [3.63, 3.8) is 0 Å². The van der Waals surface area contributed by atoms with Gasteiger partial charge in [-0.3, -0.25) is 14.5 Å². The van der Waals surface area contributed by atoms with Gasteiger partial charge in [0, 0.05) is 6.08 Å². The van der Waals surface area contributed by atoms with Crippen LogP contribution in [0.15, 0.2) is 42.5 Å². The number of para-hydroxylation sites is 2. The van der Waals surface area contributed by atoms with Crippen LogP contribution in [0.1, 0.15) is 18.9 Å². The van der Waals surface area contributed by atoms with E-state index in [0.717, 1.165) is 6.42 Å². The number of hydrogen-bond donors (Lipinski definition) is 1. The molecule has 0 aromatic heterocycles. The van der Waals surface area contributed by atoms with Crippen LogP contribution in [0.2, 0.25) is 5.02 Å². The summed E-state index contributed by atoms with van der Waals surface area (Å²) in [6.07, 6.45) is 3.89. The summed E-state index contributed by atoms with van der Waals surface area (Å²) in [5.74, 6) is 0.443. The Morgan fingerprint density at radius 1 is 1.32 bits per heavy atom. The van der Waals surface area contributed by atoms with Gasteiger partial charge in [-0.25, -0.2) is 0 Å². The largest absolute Gasteiger partial charge is 0.493 e. The van der Waals surface area contributed by atoms with Crippen LogP contribution in [0.3, 0.4) is 0 Å². The summed E-state index contributed by atoms with van der Waals surface area (Å²) in [5.41, 5.74) is 1.96. The SMILES string of the molecule is CCCOc1c(Cl)cc(/C=C/C(=O)N2CC(=O)Nc3ccccc32)cc1OC. The molecule has 7 heteroatoms. The molecule has 2 aromatic carbocycles. The first-order valence-electron chi connectivity index (χ1n) is 8.92. The minimum atomic E-state index is -0.302. The minimum Gasteiger partial charge on any atom is -0.493 e. The molecule has 0 bridgehead atoms. The number of carbonyl (C=O) groups is 2. The number of methoxy groups -OCH3 is 1. The molecule has 0 radical (unpaired) electrons. The van der Waals surface area contributed by atoms with Crippen LogP contribution in [0, 0.1) is 0 Å². The fraction of sp³-hybridized carbons (Fsp3) is 0.238. The van der Waals surface area contributed by atoms with E-state index in [1.807, 2.05) is 13.0 Å². The van der Waals surface area contributed by atoms with Gasteiger partial charge >= 0.3 is 0 Å². The van der Waals surface area contributed by atoms with E-state index in [2.05, 4.69) is 5.32 Å². The van der Waals surface area contributed by atoms with Crippen LogP contribution in [0.4, 0.5) is 11.4 Å². The van der Waals surface area contributed by atoms with Gasteiger partial charge in [0.2, 0.25) is 5.91 Å². The quantitative estimate of drug-likeness (QED) is 0.740. The lowest BCUT2D eigenvalue weighted by Gasteiger charge is -2.28. The van der Waals surface area contributed by atoms with Crippen LogP contribution in [0.5, 0.6) is 11.5 Å². The highest BCUT2D eigenvalue weighted by molar-refractivity contribution is 6.32. The molecule has 2 aromatic rings. The third-order valence-corrected chi connectivity index (χ3v) is 4.44. The van der Waals surface area contributed by atoms with E-state index in [0.29, 0.717) is 40.1 Å². The van der Waals surface area contributed by atoms with E-state index in [9.17, 15) is 9.59 Å². The van der Waals surface area contributed by atoms with Gasteiger partial charge in [0.05, 0.1) is 30.1 Å². The van der Waals surface area contributed by atoms with Gasteiger partial charge in [-0.05, 0) is 42.3 Å². The molecule has 1 aliphatic heterocycles. The molecule has 0 aliphatic carbocycles. The summed E-state index contributed by atoms with van der Waals surface area (Å²) in [4.78, 5) is 26.0. The second-order valence-electron chi connectivity index (χ2n) is 6.21. The number of rotatable bonds is 6. The number of nitrogens with one attached hydrogen (secondary N) is 1. The second-order valence-corrected chi connectivity index (χ2v) is 6.61. The summed E-state index contributed by atoms with van der Waals surface area (Å²) < 4.78 is 11.0. The van der Waals surface area contributed by atoms with Gasteiger partial charge in [0.25, 0.3) is 5.91 Å². The molecule has 146 valence electrons. The first-order valence-corrected chi connectivity index (χ1v) is 9.30. The fourth-order valence-electron chi connectivity index (χ4n) is 2.87. The predicted molar refractivity (Wildman–Crippen MR) is 110 cm³/mol. The lowest BCUT2D eigenvalue weighted by molar-refractivity contribution is -0.119. The van der Waals surface area contributed by atoms with E-state index in [1.54, 1.807) is 36.4 Å². The zero-order valence-electron chi connectivity index (χ0n) is 15.7. The van der Waals surface area contributed by atoms with Crippen molar-refractivity contribution in [1.29, 1.82) is 0 Å². The van der Waals surface area contributed by atoms with Crippen molar-refractivity contribution in [3.05, 3.63) is 53.1 Å². The summed E-state index contributed by atoms with van der Waals surface area (Å²) >= 11 is 6.31. The molecule has 0 fully saturated rings. The highest BCUT2D eigenvalue weighted by Crippen LogP contribution is 2.37. The molecule has 3 rings (SSSR count). The van der Waals surface area contributed by atoms with Crippen molar-refractivity contribution in [2.45, 2.75) is 13.3 Å². The molecule has 1 aliphatic rings. The number of hydrogen-bond acceptors (Lipinski definition) is 4. The molecule has 0 saturated heterocycles. The predicted octanol–water partition coefficient (Wildman–Crippen LogP) is 4.14. The van der Waals surface area contributed by atoms with E-state index in [4.69, 9.17) is 21.1 Å². The van der Waals surface area contributed by atoms with Crippen molar-refractivity contribution in [2.75, 3.05) is 30.5 Å². The molecule has 1 heterocycles. The highest BCUT2D eigenvalue weighted by Gasteiger charge is 2.25.